The Morgan fingerprint density at radius 3 is 1.90 bits per heavy atom. The highest BCUT2D eigenvalue weighted by Crippen LogP contribution is 2.33. The molecule has 13 nitrogen and oxygen atoms in total. The first kappa shape index (κ1) is 30.9. The van der Waals surface area contributed by atoms with E-state index in [0.717, 1.165) is 33.8 Å². The smallest absolute Gasteiger partial charge is 0.303 e. The average Bonchev–Trinajstić information content (AvgIpc) is 2.87. The van der Waals surface area contributed by atoms with Crippen LogP contribution >= 0.6 is 0 Å². The van der Waals surface area contributed by atoms with Crippen molar-refractivity contribution in [3.8, 4) is 17.2 Å². The van der Waals surface area contributed by atoms with Crippen molar-refractivity contribution >= 4 is 29.7 Å². The van der Waals surface area contributed by atoms with Crippen LogP contribution in [0.1, 0.15) is 43.6 Å². The van der Waals surface area contributed by atoms with E-state index >= 15 is 0 Å². The third-order valence-corrected chi connectivity index (χ3v) is 5.77. The highest BCUT2D eigenvalue weighted by atomic mass is 16.7. The topological polar surface area (TPSA) is 181 Å². The lowest BCUT2D eigenvalue weighted by atomic mass is 9.98. The summed E-state index contributed by atoms with van der Waals surface area (Å²) in [4.78, 5) is 60.0. The van der Waals surface area contributed by atoms with Crippen molar-refractivity contribution in [1.29, 1.82) is 0 Å². The van der Waals surface area contributed by atoms with E-state index < -0.39 is 72.7 Å². The lowest BCUT2D eigenvalue weighted by Gasteiger charge is -2.43. The van der Waals surface area contributed by atoms with Crippen LogP contribution in [0.2, 0.25) is 0 Å². The summed E-state index contributed by atoms with van der Waals surface area (Å²) in [6.07, 6.45) is -7.02. The van der Waals surface area contributed by atoms with Gasteiger partial charge >= 0.3 is 23.9 Å². The zero-order valence-electron chi connectivity index (χ0n) is 22.7. The van der Waals surface area contributed by atoms with Gasteiger partial charge in [-0.25, -0.2) is 0 Å². The van der Waals surface area contributed by atoms with Crippen molar-refractivity contribution in [3.63, 3.8) is 0 Å². The molecule has 5 atom stereocenters. The Morgan fingerprint density at radius 2 is 1.34 bits per heavy atom. The Hall–Kier alpha value is -4.65. The number of hydrogen-bond donors (Lipinski definition) is 2. The predicted octanol–water partition coefficient (Wildman–Crippen LogP) is 1.99. The van der Waals surface area contributed by atoms with Gasteiger partial charge in [0, 0.05) is 40.2 Å². The molecule has 1 fully saturated rings. The summed E-state index contributed by atoms with van der Waals surface area (Å²) in [5.41, 5.74) is 0.608. The molecule has 1 aliphatic heterocycles. The molecule has 2 aromatic carbocycles. The molecule has 0 saturated carbocycles. The minimum atomic E-state index is -1.51. The van der Waals surface area contributed by atoms with E-state index in [4.69, 9.17) is 28.4 Å². The van der Waals surface area contributed by atoms with Crippen LogP contribution in [0, 0.1) is 0 Å². The van der Waals surface area contributed by atoms with E-state index in [0.29, 0.717) is 5.56 Å². The van der Waals surface area contributed by atoms with E-state index in [1.165, 1.54) is 24.3 Å². The van der Waals surface area contributed by atoms with E-state index in [1.807, 2.05) is 0 Å². The van der Waals surface area contributed by atoms with Gasteiger partial charge < -0.3 is 38.6 Å². The Labute approximate surface area is 234 Å². The minimum absolute atomic E-state index is 0.00744. The Bertz CT molecular complexity index is 1290. The van der Waals surface area contributed by atoms with Crippen LogP contribution in [0.3, 0.4) is 0 Å². The molecule has 0 radical (unpaired) electrons. The van der Waals surface area contributed by atoms with Gasteiger partial charge in [-0.15, -0.1) is 0 Å². The number of phenolic OH excluding ortho intramolecular Hbond substituents is 2. The zero-order chi connectivity index (χ0) is 30.3. The predicted molar refractivity (Wildman–Crippen MR) is 137 cm³/mol. The standard InChI is InChI=1S/C28H30O13/c1-14(29)36-13-24-25(37-15(2)30)26(38-16(3)31)27(39-17(4)32)28(41-24)40-20-9-10-21(23(35)12-20)22(34)11-18-5-7-19(33)8-6-18/h5-10,12,24-28,33,35H,11,13H2,1-4H3/t24-,25-,26-,27-,28+/m0/s1. The molecule has 220 valence electrons. The fraction of sp³-hybridized carbons (Fsp3) is 0.393. The highest BCUT2D eigenvalue weighted by Gasteiger charge is 2.53. The number of carbonyl (C=O) groups excluding carboxylic acids is 5. The van der Waals surface area contributed by atoms with Crippen LogP contribution in [-0.2, 0) is 49.3 Å². The number of Topliss-reactive ketones (excluding diaryl/α,β-unsaturated/α-hetero) is 1. The molecule has 2 aromatic rings. The number of phenols is 2. The van der Waals surface area contributed by atoms with Crippen LogP contribution in [0.15, 0.2) is 42.5 Å². The van der Waals surface area contributed by atoms with Gasteiger partial charge in [-0.2, -0.15) is 0 Å². The van der Waals surface area contributed by atoms with Crippen LogP contribution in [0.4, 0.5) is 0 Å². The van der Waals surface area contributed by atoms with Gasteiger partial charge in [0.05, 0.1) is 5.56 Å². The molecule has 0 amide bonds. The van der Waals surface area contributed by atoms with Crippen LogP contribution in [0.25, 0.3) is 0 Å². The number of ether oxygens (including phenoxy) is 6. The van der Waals surface area contributed by atoms with Gasteiger partial charge in [0.1, 0.15) is 30.0 Å². The van der Waals surface area contributed by atoms with Crippen LogP contribution in [0.5, 0.6) is 17.2 Å². The summed E-state index contributed by atoms with van der Waals surface area (Å²) in [7, 11) is 0. The molecule has 1 saturated heterocycles. The van der Waals surface area contributed by atoms with Gasteiger partial charge in [0.2, 0.25) is 12.4 Å². The Morgan fingerprint density at radius 1 is 0.756 bits per heavy atom. The van der Waals surface area contributed by atoms with Gasteiger partial charge in [-0.3, -0.25) is 24.0 Å². The van der Waals surface area contributed by atoms with Crippen molar-refractivity contribution in [2.45, 2.75) is 64.8 Å². The first-order valence-electron chi connectivity index (χ1n) is 12.4. The molecule has 1 aliphatic rings. The maximum absolute atomic E-state index is 12.8. The summed E-state index contributed by atoms with van der Waals surface area (Å²) in [6.45, 7) is 4.00. The first-order chi connectivity index (χ1) is 19.3. The van der Waals surface area contributed by atoms with Crippen LogP contribution < -0.4 is 4.74 Å². The molecule has 0 aliphatic carbocycles. The molecule has 13 heteroatoms. The molecular weight excluding hydrogens is 544 g/mol. The van der Waals surface area contributed by atoms with E-state index in [9.17, 15) is 34.2 Å². The van der Waals surface area contributed by atoms with Crippen molar-refractivity contribution in [3.05, 3.63) is 53.6 Å². The second-order valence-electron chi connectivity index (χ2n) is 9.13. The normalized spacial score (nSPS) is 21.7. The van der Waals surface area contributed by atoms with Crippen molar-refractivity contribution in [2.75, 3.05) is 6.61 Å². The number of ketones is 1. The molecule has 0 unspecified atom stereocenters. The average molecular weight is 575 g/mol. The SMILES string of the molecule is CC(=O)OC[C@@H]1O[C@@H](Oc2ccc(C(=O)Cc3ccc(O)cc3)c(O)c2)[C@@H](OC(C)=O)[C@@H](OC(C)=O)[C@H]1OC(C)=O. The number of esters is 4. The summed E-state index contributed by atoms with van der Waals surface area (Å²) in [5.74, 6) is -3.85. The van der Waals surface area contributed by atoms with Crippen molar-refractivity contribution in [1.82, 2.24) is 0 Å². The number of benzene rings is 2. The third-order valence-electron chi connectivity index (χ3n) is 5.77. The number of rotatable bonds is 10. The second kappa shape index (κ2) is 13.6. The quantitative estimate of drug-likeness (QED) is 0.239. The maximum atomic E-state index is 12.8. The van der Waals surface area contributed by atoms with Gasteiger partial charge in [-0.1, -0.05) is 12.1 Å². The monoisotopic (exact) mass is 574 g/mol. The lowest BCUT2D eigenvalue weighted by Crippen LogP contribution is -2.63. The number of carbonyl (C=O) groups is 5. The fourth-order valence-corrected chi connectivity index (χ4v) is 4.13. The van der Waals surface area contributed by atoms with Crippen molar-refractivity contribution < 1.29 is 62.6 Å². The molecule has 2 N–H and O–H groups in total. The highest BCUT2D eigenvalue weighted by molar-refractivity contribution is 6.00. The van der Waals surface area contributed by atoms with Gasteiger partial charge in [0.15, 0.2) is 18.0 Å². The van der Waals surface area contributed by atoms with E-state index in [2.05, 4.69) is 0 Å². The molecule has 0 aromatic heterocycles. The summed E-state index contributed by atoms with van der Waals surface area (Å²) in [6, 6.07) is 9.84. The Balaban J connectivity index is 1.90. The van der Waals surface area contributed by atoms with Gasteiger partial charge in [-0.05, 0) is 29.8 Å². The van der Waals surface area contributed by atoms with Gasteiger partial charge in [0.25, 0.3) is 0 Å². The van der Waals surface area contributed by atoms with Crippen molar-refractivity contribution in [2.24, 2.45) is 0 Å². The van der Waals surface area contributed by atoms with E-state index in [-0.39, 0.29) is 23.5 Å². The fourth-order valence-electron chi connectivity index (χ4n) is 4.13. The summed E-state index contributed by atoms with van der Waals surface area (Å²) in [5, 5.41) is 20.0. The summed E-state index contributed by atoms with van der Waals surface area (Å²) < 4.78 is 32.8. The minimum Gasteiger partial charge on any atom is -0.508 e. The molecule has 0 bridgehead atoms. The maximum Gasteiger partial charge on any atom is 0.303 e. The summed E-state index contributed by atoms with van der Waals surface area (Å²) >= 11 is 0. The molecule has 1 heterocycles. The number of hydrogen-bond acceptors (Lipinski definition) is 13. The van der Waals surface area contributed by atoms with E-state index in [1.54, 1.807) is 12.1 Å². The molecular formula is C28H30O13. The number of aromatic hydroxyl groups is 2. The van der Waals surface area contributed by atoms with Crippen LogP contribution in [-0.4, -0.2) is 77.2 Å². The molecule has 41 heavy (non-hydrogen) atoms. The zero-order valence-corrected chi connectivity index (χ0v) is 22.7. The second-order valence-corrected chi connectivity index (χ2v) is 9.13. The third kappa shape index (κ3) is 8.67. The largest absolute Gasteiger partial charge is 0.508 e. The first-order valence-corrected chi connectivity index (χ1v) is 12.4. The molecule has 3 rings (SSSR count). The molecule has 0 spiro atoms. The Kier molecular flexibility index (Phi) is 10.3. The lowest BCUT2D eigenvalue weighted by molar-refractivity contribution is -0.288.